The lowest BCUT2D eigenvalue weighted by molar-refractivity contribution is 0.289. The molecule has 0 unspecified atom stereocenters. The van der Waals surface area contributed by atoms with Crippen LogP contribution < -0.4 is 5.32 Å². The van der Waals surface area contributed by atoms with Crippen molar-refractivity contribution in [1.29, 1.82) is 0 Å². The number of hydrogen-bond acceptors (Lipinski definition) is 4. The largest absolute Gasteiger partial charge is 0.359 e. The number of hydrogen-bond donors (Lipinski definition) is 1. The van der Waals surface area contributed by atoms with Crippen molar-refractivity contribution in [3.63, 3.8) is 0 Å². The fraction of sp³-hybridized carbons (Fsp3) is 0.300. The van der Waals surface area contributed by atoms with E-state index in [1.165, 1.54) is 19.3 Å². The Kier molecular flexibility index (Phi) is 4.14. The van der Waals surface area contributed by atoms with Gasteiger partial charge in [-0.05, 0) is 42.3 Å². The number of likely N-dealkylation sites (tertiary alicyclic amines) is 1. The van der Waals surface area contributed by atoms with Gasteiger partial charge in [0, 0.05) is 43.5 Å². The Morgan fingerprint density at radius 1 is 1.04 bits per heavy atom. The molecule has 0 spiro atoms. The van der Waals surface area contributed by atoms with Crippen LogP contribution in [-0.2, 0) is 7.05 Å². The summed E-state index contributed by atoms with van der Waals surface area (Å²) in [5, 5.41) is 9.91. The Morgan fingerprint density at radius 2 is 1.88 bits per heavy atom. The highest BCUT2D eigenvalue weighted by Gasteiger charge is 2.12. The molecule has 0 saturated carbocycles. The second-order valence-electron chi connectivity index (χ2n) is 6.65. The number of benzene rings is 1. The third-order valence-electron chi connectivity index (χ3n) is 4.77. The lowest BCUT2D eigenvalue weighted by Gasteiger charge is -2.30. The first-order valence-electron chi connectivity index (χ1n) is 8.79. The number of rotatable bonds is 4. The third-order valence-corrected chi connectivity index (χ3v) is 4.77. The highest BCUT2D eigenvalue weighted by molar-refractivity contribution is 5.88. The molecule has 1 saturated heterocycles. The van der Waals surface area contributed by atoms with Crippen molar-refractivity contribution in [2.45, 2.75) is 19.3 Å². The molecule has 1 fully saturated rings. The molecule has 0 bridgehead atoms. The molecule has 0 amide bonds. The maximum Gasteiger partial charge on any atom is 0.131 e. The van der Waals surface area contributed by atoms with Crippen molar-refractivity contribution in [2.75, 3.05) is 18.4 Å². The van der Waals surface area contributed by atoms with Crippen molar-refractivity contribution < 1.29 is 0 Å². The zero-order valence-electron chi connectivity index (χ0n) is 14.6. The number of fused-ring (bicyclic) bond motifs is 1. The molecule has 3 heterocycles. The zero-order chi connectivity index (χ0) is 17.2. The van der Waals surface area contributed by atoms with Gasteiger partial charge < -0.3 is 10.2 Å². The van der Waals surface area contributed by atoms with E-state index in [9.17, 15) is 0 Å². The monoisotopic (exact) mass is 333 g/mol. The number of pyridine rings is 1. The summed E-state index contributed by atoms with van der Waals surface area (Å²) < 4.78 is 1.82. The molecule has 25 heavy (non-hydrogen) atoms. The fourth-order valence-electron chi connectivity index (χ4n) is 3.35. The lowest BCUT2D eigenvalue weighted by Crippen LogP contribution is -2.31. The molecule has 5 heteroatoms. The van der Waals surface area contributed by atoms with Gasteiger partial charge in [0.15, 0.2) is 0 Å². The highest BCUT2D eigenvalue weighted by Crippen LogP contribution is 2.25. The van der Waals surface area contributed by atoms with Crippen LogP contribution in [-0.4, -0.2) is 32.8 Å². The second-order valence-corrected chi connectivity index (χ2v) is 6.65. The van der Waals surface area contributed by atoms with Crippen LogP contribution in [0.3, 0.4) is 0 Å². The number of nitrogens with one attached hydrogen (secondary N) is 1. The molecule has 5 nitrogen and oxygen atoms in total. The molecule has 1 aromatic carbocycles. The molecule has 2 aromatic heterocycles. The molecule has 1 aliphatic heterocycles. The van der Waals surface area contributed by atoms with Crippen molar-refractivity contribution >= 4 is 16.6 Å². The predicted molar refractivity (Wildman–Crippen MR) is 102 cm³/mol. The maximum atomic E-state index is 4.53. The first-order chi connectivity index (χ1) is 12.2. The van der Waals surface area contributed by atoms with Gasteiger partial charge in [-0.15, -0.1) is 0 Å². The fourth-order valence-corrected chi connectivity index (χ4v) is 3.35. The Bertz CT molecular complexity index is 905. The van der Waals surface area contributed by atoms with Gasteiger partial charge in [-0.25, -0.2) is 4.98 Å². The standard InChI is InChI=1S/C20H23N5/c1-15(25-8-4-3-5-9-25)23-20-11-18-10-16(6-7-17(18)12-21-20)19-13-22-24(2)14-19/h6-7,10-14H,1,3-5,8-9H2,2H3,(H,21,23). The molecule has 0 atom stereocenters. The first kappa shape index (κ1) is 15.7. The van der Waals surface area contributed by atoms with E-state index in [4.69, 9.17) is 0 Å². The molecule has 0 aliphatic carbocycles. The first-order valence-corrected chi connectivity index (χ1v) is 8.79. The summed E-state index contributed by atoms with van der Waals surface area (Å²) in [5.74, 6) is 1.78. The highest BCUT2D eigenvalue weighted by atomic mass is 15.3. The summed E-state index contributed by atoms with van der Waals surface area (Å²) >= 11 is 0. The number of piperidine rings is 1. The molecular weight excluding hydrogens is 310 g/mol. The quantitative estimate of drug-likeness (QED) is 0.784. The third kappa shape index (κ3) is 3.36. The summed E-state index contributed by atoms with van der Waals surface area (Å²) in [7, 11) is 1.93. The number of anilines is 1. The number of aryl methyl sites for hydroxylation is 1. The molecular formula is C20H23N5. The van der Waals surface area contributed by atoms with E-state index >= 15 is 0 Å². The van der Waals surface area contributed by atoms with Crippen molar-refractivity contribution in [2.24, 2.45) is 7.05 Å². The minimum absolute atomic E-state index is 0.839. The van der Waals surface area contributed by atoms with Crippen LogP contribution in [0.15, 0.2) is 55.3 Å². The van der Waals surface area contributed by atoms with Crippen LogP contribution in [0.2, 0.25) is 0 Å². The second kappa shape index (κ2) is 6.59. The van der Waals surface area contributed by atoms with Crippen LogP contribution in [0.25, 0.3) is 21.9 Å². The summed E-state index contributed by atoms with van der Waals surface area (Å²) in [6, 6.07) is 8.49. The van der Waals surface area contributed by atoms with Crippen LogP contribution >= 0.6 is 0 Å². The predicted octanol–water partition coefficient (Wildman–Crippen LogP) is 4.00. The van der Waals surface area contributed by atoms with Gasteiger partial charge in [-0.1, -0.05) is 18.7 Å². The summed E-state index contributed by atoms with van der Waals surface area (Å²) in [6.07, 6.45) is 9.61. The Morgan fingerprint density at radius 3 is 2.64 bits per heavy atom. The van der Waals surface area contributed by atoms with Crippen LogP contribution in [0.1, 0.15) is 19.3 Å². The van der Waals surface area contributed by atoms with E-state index in [-0.39, 0.29) is 0 Å². The van der Waals surface area contributed by atoms with Gasteiger partial charge in [0.1, 0.15) is 5.82 Å². The van der Waals surface area contributed by atoms with Gasteiger partial charge in [-0.2, -0.15) is 5.10 Å². The van der Waals surface area contributed by atoms with Crippen LogP contribution in [0, 0.1) is 0 Å². The molecule has 1 N–H and O–H groups in total. The van der Waals surface area contributed by atoms with Crippen molar-refractivity contribution in [1.82, 2.24) is 19.7 Å². The topological polar surface area (TPSA) is 46.0 Å². The van der Waals surface area contributed by atoms with E-state index in [0.717, 1.165) is 46.6 Å². The van der Waals surface area contributed by atoms with Crippen LogP contribution in [0.4, 0.5) is 5.82 Å². The van der Waals surface area contributed by atoms with Crippen molar-refractivity contribution in [3.8, 4) is 11.1 Å². The molecule has 0 radical (unpaired) electrons. The van der Waals surface area contributed by atoms with Crippen molar-refractivity contribution in [3.05, 3.63) is 55.3 Å². The van der Waals surface area contributed by atoms with Gasteiger partial charge >= 0.3 is 0 Å². The lowest BCUT2D eigenvalue weighted by atomic mass is 10.1. The summed E-state index contributed by atoms with van der Waals surface area (Å²) in [5.41, 5.74) is 2.28. The van der Waals surface area contributed by atoms with E-state index < -0.39 is 0 Å². The minimum Gasteiger partial charge on any atom is -0.359 e. The smallest absolute Gasteiger partial charge is 0.131 e. The van der Waals surface area contributed by atoms with Gasteiger partial charge in [0.05, 0.1) is 12.0 Å². The van der Waals surface area contributed by atoms with Gasteiger partial charge in [0.25, 0.3) is 0 Å². The van der Waals surface area contributed by atoms with Gasteiger partial charge in [-0.3, -0.25) is 4.68 Å². The molecule has 128 valence electrons. The van der Waals surface area contributed by atoms with Crippen LogP contribution in [0.5, 0.6) is 0 Å². The Hall–Kier alpha value is -2.82. The SMILES string of the molecule is C=C(Nc1cc2cc(-c3cnn(C)c3)ccc2cn1)N1CCCCC1. The normalized spacial score (nSPS) is 14.7. The zero-order valence-corrected chi connectivity index (χ0v) is 14.6. The average molecular weight is 333 g/mol. The van der Waals surface area contributed by atoms with Gasteiger partial charge in [0.2, 0.25) is 0 Å². The Balaban J connectivity index is 1.59. The molecule has 1 aliphatic rings. The Labute approximate surface area is 148 Å². The number of nitrogens with zero attached hydrogens (tertiary/aromatic N) is 4. The van der Waals surface area contributed by atoms with E-state index in [1.54, 1.807) is 0 Å². The summed E-state index contributed by atoms with van der Waals surface area (Å²) in [6.45, 7) is 6.33. The molecule has 3 aromatic rings. The number of aromatic nitrogens is 3. The summed E-state index contributed by atoms with van der Waals surface area (Å²) in [4.78, 5) is 6.84. The maximum absolute atomic E-state index is 4.53. The minimum atomic E-state index is 0.839. The van der Waals surface area contributed by atoms with E-state index in [1.807, 2.05) is 30.3 Å². The van der Waals surface area contributed by atoms with E-state index in [0.29, 0.717) is 0 Å². The molecule has 4 rings (SSSR count). The average Bonchev–Trinajstić information content (AvgIpc) is 3.08. The van der Waals surface area contributed by atoms with E-state index in [2.05, 4.69) is 51.1 Å².